The molecular formula is C18H21NO4. The van der Waals surface area contributed by atoms with Gasteiger partial charge in [-0.15, -0.1) is 0 Å². The van der Waals surface area contributed by atoms with Gasteiger partial charge in [0.2, 0.25) is 6.79 Å². The Morgan fingerprint density at radius 3 is 2.52 bits per heavy atom. The van der Waals surface area contributed by atoms with Crippen LogP contribution in [0.1, 0.15) is 11.1 Å². The van der Waals surface area contributed by atoms with Gasteiger partial charge in [-0.05, 0) is 48.4 Å². The number of benzene rings is 2. The van der Waals surface area contributed by atoms with E-state index >= 15 is 0 Å². The van der Waals surface area contributed by atoms with Crippen LogP contribution in [-0.2, 0) is 13.0 Å². The molecule has 0 unspecified atom stereocenters. The van der Waals surface area contributed by atoms with Crippen molar-refractivity contribution in [2.24, 2.45) is 0 Å². The molecule has 0 saturated heterocycles. The average Bonchev–Trinajstić information content (AvgIpc) is 3.06. The standard InChI is InChI=1S/C18H21NO4/c1-20-15-5-4-14(10-17(15)21-2)11-19-8-7-13-3-6-16-18(9-13)23-12-22-16/h3-6,9-10,19H,7-8,11-12H2,1-2H3. The van der Waals surface area contributed by atoms with Crippen molar-refractivity contribution in [3.05, 3.63) is 47.5 Å². The summed E-state index contributed by atoms with van der Waals surface area (Å²) in [6.07, 6.45) is 0.934. The van der Waals surface area contributed by atoms with Gasteiger partial charge in [0.05, 0.1) is 14.2 Å². The molecule has 0 spiro atoms. The van der Waals surface area contributed by atoms with Gasteiger partial charge in [-0.2, -0.15) is 0 Å². The maximum atomic E-state index is 5.39. The molecule has 23 heavy (non-hydrogen) atoms. The minimum Gasteiger partial charge on any atom is -0.493 e. The van der Waals surface area contributed by atoms with E-state index in [0.717, 1.165) is 48.1 Å². The Bertz CT molecular complexity index is 672. The second kappa shape index (κ2) is 7.24. The fraction of sp³-hybridized carbons (Fsp3) is 0.333. The van der Waals surface area contributed by atoms with Crippen molar-refractivity contribution < 1.29 is 18.9 Å². The summed E-state index contributed by atoms with van der Waals surface area (Å²) in [6.45, 7) is 1.98. The summed E-state index contributed by atoms with van der Waals surface area (Å²) in [5.74, 6) is 3.16. The third kappa shape index (κ3) is 3.68. The molecule has 1 aliphatic rings. The molecule has 5 nitrogen and oxygen atoms in total. The highest BCUT2D eigenvalue weighted by Crippen LogP contribution is 2.32. The summed E-state index contributed by atoms with van der Waals surface area (Å²) in [6, 6.07) is 12.0. The van der Waals surface area contributed by atoms with Gasteiger partial charge in [-0.3, -0.25) is 0 Å². The molecule has 0 fully saturated rings. The van der Waals surface area contributed by atoms with Gasteiger partial charge < -0.3 is 24.3 Å². The summed E-state index contributed by atoms with van der Waals surface area (Å²) in [5.41, 5.74) is 2.39. The first kappa shape index (κ1) is 15.5. The van der Waals surface area contributed by atoms with E-state index in [1.807, 2.05) is 30.3 Å². The maximum absolute atomic E-state index is 5.39. The Labute approximate surface area is 136 Å². The minimum absolute atomic E-state index is 0.316. The molecule has 1 aliphatic heterocycles. The molecule has 2 aromatic rings. The molecule has 0 aliphatic carbocycles. The third-order valence-corrected chi connectivity index (χ3v) is 3.80. The lowest BCUT2D eigenvalue weighted by Gasteiger charge is -2.10. The molecule has 3 rings (SSSR count). The van der Waals surface area contributed by atoms with Crippen LogP contribution < -0.4 is 24.3 Å². The van der Waals surface area contributed by atoms with Gasteiger partial charge in [0.15, 0.2) is 23.0 Å². The van der Waals surface area contributed by atoms with E-state index in [4.69, 9.17) is 18.9 Å². The van der Waals surface area contributed by atoms with Crippen LogP contribution >= 0.6 is 0 Å². The molecule has 0 aromatic heterocycles. The Morgan fingerprint density at radius 2 is 1.70 bits per heavy atom. The van der Waals surface area contributed by atoms with Gasteiger partial charge in [0, 0.05) is 6.54 Å². The highest BCUT2D eigenvalue weighted by molar-refractivity contribution is 5.44. The second-order valence-corrected chi connectivity index (χ2v) is 5.30. The lowest BCUT2D eigenvalue weighted by molar-refractivity contribution is 0.174. The van der Waals surface area contributed by atoms with Crippen molar-refractivity contribution in [3.63, 3.8) is 0 Å². The molecule has 1 N–H and O–H groups in total. The first-order chi connectivity index (χ1) is 11.3. The third-order valence-electron chi connectivity index (χ3n) is 3.80. The second-order valence-electron chi connectivity index (χ2n) is 5.30. The molecule has 5 heteroatoms. The summed E-state index contributed by atoms with van der Waals surface area (Å²) >= 11 is 0. The number of hydrogen-bond acceptors (Lipinski definition) is 5. The first-order valence-electron chi connectivity index (χ1n) is 7.60. The Morgan fingerprint density at radius 1 is 0.913 bits per heavy atom. The van der Waals surface area contributed by atoms with E-state index in [9.17, 15) is 0 Å². The normalized spacial score (nSPS) is 12.3. The van der Waals surface area contributed by atoms with Crippen molar-refractivity contribution in [1.82, 2.24) is 5.32 Å². The van der Waals surface area contributed by atoms with Crippen LogP contribution in [0.25, 0.3) is 0 Å². The monoisotopic (exact) mass is 315 g/mol. The van der Waals surface area contributed by atoms with Gasteiger partial charge >= 0.3 is 0 Å². The molecule has 0 atom stereocenters. The number of nitrogens with one attached hydrogen (secondary N) is 1. The fourth-order valence-corrected chi connectivity index (χ4v) is 2.55. The summed E-state index contributed by atoms with van der Waals surface area (Å²) in [5, 5.41) is 3.44. The number of ether oxygens (including phenoxy) is 4. The van der Waals surface area contributed by atoms with Crippen molar-refractivity contribution in [3.8, 4) is 23.0 Å². The molecule has 1 heterocycles. The van der Waals surface area contributed by atoms with Crippen LogP contribution in [0.5, 0.6) is 23.0 Å². The Hall–Kier alpha value is -2.40. The predicted octanol–water partition coefficient (Wildman–Crippen LogP) is 2.76. The van der Waals surface area contributed by atoms with E-state index in [-0.39, 0.29) is 0 Å². The zero-order valence-electron chi connectivity index (χ0n) is 13.4. The molecule has 0 bridgehead atoms. The molecule has 0 radical (unpaired) electrons. The highest BCUT2D eigenvalue weighted by Gasteiger charge is 2.12. The summed E-state index contributed by atoms with van der Waals surface area (Å²) < 4.78 is 21.3. The SMILES string of the molecule is COc1ccc(CNCCc2ccc3c(c2)OCO3)cc1OC. The lowest BCUT2D eigenvalue weighted by Crippen LogP contribution is -2.16. The maximum Gasteiger partial charge on any atom is 0.231 e. The molecular weight excluding hydrogens is 294 g/mol. The van der Waals surface area contributed by atoms with E-state index in [1.165, 1.54) is 5.56 Å². The number of rotatable bonds is 7. The van der Waals surface area contributed by atoms with Crippen molar-refractivity contribution in [2.75, 3.05) is 27.6 Å². The highest BCUT2D eigenvalue weighted by atomic mass is 16.7. The fourth-order valence-electron chi connectivity index (χ4n) is 2.55. The number of methoxy groups -OCH3 is 2. The zero-order valence-corrected chi connectivity index (χ0v) is 13.4. The van der Waals surface area contributed by atoms with Crippen molar-refractivity contribution in [2.45, 2.75) is 13.0 Å². The van der Waals surface area contributed by atoms with Crippen LogP contribution in [0.4, 0.5) is 0 Å². The molecule has 0 saturated carbocycles. The topological polar surface area (TPSA) is 49.0 Å². The average molecular weight is 315 g/mol. The van der Waals surface area contributed by atoms with Crippen LogP contribution in [-0.4, -0.2) is 27.6 Å². The Kier molecular flexibility index (Phi) is 4.88. The van der Waals surface area contributed by atoms with Gasteiger partial charge in [0.25, 0.3) is 0 Å². The van der Waals surface area contributed by atoms with E-state index in [1.54, 1.807) is 14.2 Å². The van der Waals surface area contributed by atoms with E-state index < -0.39 is 0 Å². The number of hydrogen-bond donors (Lipinski definition) is 1. The van der Waals surface area contributed by atoms with Crippen LogP contribution in [0.2, 0.25) is 0 Å². The Balaban J connectivity index is 1.50. The predicted molar refractivity (Wildman–Crippen MR) is 87.5 cm³/mol. The molecule has 2 aromatic carbocycles. The van der Waals surface area contributed by atoms with Gasteiger partial charge in [-0.25, -0.2) is 0 Å². The van der Waals surface area contributed by atoms with Gasteiger partial charge in [-0.1, -0.05) is 12.1 Å². The van der Waals surface area contributed by atoms with Crippen LogP contribution in [0.15, 0.2) is 36.4 Å². The van der Waals surface area contributed by atoms with Gasteiger partial charge in [0.1, 0.15) is 0 Å². The van der Waals surface area contributed by atoms with Crippen LogP contribution in [0, 0.1) is 0 Å². The lowest BCUT2D eigenvalue weighted by atomic mass is 10.1. The number of fused-ring (bicyclic) bond motifs is 1. The minimum atomic E-state index is 0.316. The summed E-state index contributed by atoms with van der Waals surface area (Å²) in [4.78, 5) is 0. The zero-order chi connectivity index (χ0) is 16.1. The summed E-state index contributed by atoms with van der Waals surface area (Å²) in [7, 11) is 3.29. The van der Waals surface area contributed by atoms with Crippen LogP contribution in [0.3, 0.4) is 0 Å². The first-order valence-corrected chi connectivity index (χ1v) is 7.60. The molecule has 122 valence electrons. The van der Waals surface area contributed by atoms with E-state index in [2.05, 4.69) is 11.4 Å². The quantitative estimate of drug-likeness (QED) is 0.796. The van der Waals surface area contributed by atoms with E-state index in [0.29, 0.717) is 6.79 Å². The van der Waals surface area contributed by atoms with Crippen molar-refractivity contribution in [1.29, 1.82) is 0 Å². The molecule has 0 amide bonds. The van der Waals surface area contributed by atoms with Crippen molar-refractivity contribution >= 4 is 0 Å². The largest absolute Gasteiger partial charge is 0.493 e. The smallest absolute Gasteiger partial charge is 0.231 e.